The van der Waals surface area contributed by atoms with Gasteiger partial charge in [0.15, 0.2) is 0 Å². The maximum atomic E-state index is 12.0. The lowest BCUT2D eigenvalue weighted by atomic mass is 10.1. The number of carbonyl (C=O) groups excluding carboxylic acids is 2. The Kier molecular flexibility index (Phi) is 6.46. The summed E-state index contributed by atoms with van der Waals surface area (Å²) in [5.74, 6) is -0.877. The Labute approximate surface area is 128 Å². The third-order valence-electron chi connectivity index (χ3n) is 2.96. The predicted molar refractivity (Wildman–Crippen MR) is 81.3 cm³/mol. The number of rotatable bonds is 7. The highest BCUT2D eigenvalue weighted by atomic mass is 16.6. The first-order chi connectivity index (χ1) is 10.3. The van der Waals surface area contributed by atoms with Crippen LogP contribution in [0.25, 0.3) is 0 Å². The Hall–Kier alpha value is -2.48. The van der Waals surface area contributed by atoms with E-state index in [-0.39, 0.29) is 23.2 Å². The predicted octanol–water partition coefficient (Wildman–Crippen LogP) is 0.567. The van der Waals surface area contributed by atoms with Gasteiger partial charge in [-0.1, -0.05) is 6.07 Å². The number of carbonyl (C=O) groups is 2. The minimum atomic E-state index is -0.750. The maximum Gasteiger partial charge on any atom is 0.270 e. The van der Waals surface area contributed by atoms with Crippen LogP contribution in [0.5, 0.6) is 0 Å². The van der Waals surface area contributed by atoms with Crippen molar-refractivity contribution in [2.45, 2.75) is 32.4 Å². The minimum absolute atomic E-state index is 0.0185. The molecule has 0 aromatic heterocycles. The summed E-state index contributed by atoms with van der Waals surface area (Å²) >= 11 is 0. The molecule has 120 valence electrons. The van der Waals surface area contributed by atoms with Crippen LogP contribution in [-0.2, 0) is 4.79 Å². The van der Waals surface area contributed by atoms with Crippen molar-refractivity contribution in [2.24, 2.45) is 5.73 Å². The Morgan fingerprint density at radius 1 is 1.36 bits per heavy atom. The maximum absolute atomic E-state index is 12.0. The van der Waals surface area contributed by atoms with Gasteiger partial charge in [0, 0.05) is 30.3 Å². The molecule has 0 fully saturated rings. The minimum Gasteiger partial charge on any atom is -0.354 e. The number of hydrogen-bond donors (Lipinski definition) is 3. The van der Waals surface area contributed by atoms with Crippen molar-refractivity contribution in [3.63, 3.8) is 0 Å². The number of non-ortho nitro benzene ring substituents is 1. The first-order valence-electron chi connectivity index (χ1n) is 6.90. The van der Waals surface area contributed by atoms with E-state index in [1.807, 2.05) is 6.92 Å². The van der Waals surface area contributed by atoms with E-state index >= 15 is 0 Å². The molecule has 0 saturated heterocycles. The molecule has 8 nitrogen and oxygen atoms in total. The van der Waals surface area contributed by atoms with Gasteiger partial charge in [-0.15, -0.1) is 0 Å². The zero-order chi connectivity index (χ0) is 16.7. The highest BCUT2D eigenvalue weighted by molar-refractivity contribution is 5.97. The first kappa shape index (κ1) is 17.6. The van der Waals surface area contributed by atoms with Gasteiger partial charge in [0.2, 0.25) is 5.91 Å². The van der Waals surface area contributed by atoms with Gasteiger partial charge >= 0.3 is 0 Å². The van der Waals surface area contributed by atoms with E-state index in [1.54, 1.807) is 0 Å². The lowest BCUT2D eigenvalue weighted by Gasteiger charge is -2.14. The summed E-state index contributed by atoms with van der Waals surface area (Å²) in [6, 6.07) is 4.55. The van der Waals surface area contributed by atoms with Gasteiger partial charge in [-0.25, -0.2) is 0 Å². The summed E-state index contributed by atoms with van der Waals surface area (Å²) in [5.41, 5.74) is 5.52. The lowest BCUT2D eigenvalue weighted by Crippen LogP contribution is -2.45. The average Bonchev–Trinajstić information content (AvgIpc) is 2.46. The van der Waals surface area contributed by atoms with Crippen molar-refractivity contribution in [1.29, 1.82) is 0 Å². The molecule has 4 N–H and O–H groups in total. The topological polar surface area (TPSA) is 127 Å². The fraction of sp³-hybridized carbons (Fsp3) is 0.429. The standard InChI is InChI=1S/C14H20N4O4/c1-9(15)6-7-16-13(19)10(2)17-14(20)11-4-3-5-12(8-11)18(21)22/h3-5,8-10H,6-7,15H2,1-2H3,(H,16,19)(H,17,20). The zero-order valence-electron chi connectivity index (χ0n) is 12.5. The molecule has 8 heteroatoms. The van der Waals surface area contributed by atoms with Crippen LogP contribution < -0.4 is 16.4 Å². The van der Waals surface area contributed by atoms with Gasteiger partial charge in [0.05, 0.1) is 4.92 Å². The van der Waals surface area contributed by atoms with Gasteiger partial charge in [-0.2, -0.15) is 0 Å². The number of nitrogens with one attached hydrogen (secondary N) is 2. The van der Waals surface area contributed by atoms with Gasteiger partial charge < -0.3 is 16.4 Å². The number of benzene rings is 1. The van der Waals surface area contributed by atoms with E-state index in [9.17, 15) is 19.7 Å². The second kappa shape index (κ2) is 8.08. The van der Waals surface area contributed by atoms with Crippen LogP contribution in [0.3, 0.4) is 0 Å². The molecule has 2 atom stereocenters. The molecular formula is C14H20N4O4. The molecule has 0 aliphatic heterocycles. The smallest absolute Gasteiger partial charge is 0.270 e. The van der Waals surface area contributed by atoms with Crippen LogP contribution >= 0.6 is 0 Å². The second-order valence-electron chi connectivity index (χ2n) is 5.06. The van der Waals surface area contributed by atoms with E-state index in [4.69, 9.17) is 5.73 Å². The molecule has 2 amide bonds. The largest absolute Gasteiger partial charge is 0.354 e. The van der Waals surface area contributed by atoms with Gasteiger partial charge in [0.25, 0.3) is 11.6 Å². The fourth-order valence-electron chi connectivity index (χ4n) is 1.68. The van der Waals surface area contributed by atoms with Crippen molar-refractivity contribution in [3.8, 4) is 0 Å². The Balaban J connectivity index is 2.58. The average molecular weight is 308 g/mol. The van der Waals surface area contributed by atoms with Crippen molar-refractivity contribution in [2.75, 3.05) is 6.54 Å². The van der Waals surface area contributed by atoms with Gasteiger partial charge in [-0.05, 0) is 26.3 Å². The van der Waals surface area contributed by atoms with Crippen LogP contribution in [0, 0.1) is 10.1 Å². The van der Waals surface area contributed by atoms with Crippen molar-refractivity contribution < 1.29 is 14.5 Å². The summed E-state index contributed by atoms with van der Waals surface area (Å²) in [6.45, 7) is 3.80. The zero-order valence-corrected chi connectivity index (χ0v) is 12.5. The normalized spacial score (nSPS) is 13.0. The van der Waals surface area contributed by atoms with Gasteiger partial charge in [0.1, 0.15) is 6.04 Å². The molecule has 2 unspecified atom stereocenters. The van der Waals surface area contributed by atoms with Gasteiger partial charge in [-0.3, -0.25) is 19.7 Å². The number of hydrogen-bond acceptors (Lipinski definition) is 5. The number of nitrogens with zero attached hydrogens (tertiary/aromatic N) is 1. The van der Waals surface area contributed by atoms with Crippen LogP contribution in [0.1, 0.15) is 30.6 Å². The molecule has 1 rings (SSSR count). The molecule has 0 aliphatic rings. The highest BCUT2D eigenvalue weighted by Crippen LogP contribution is 2.13. The Bertz CT molecular complexity index is 560. The molecule has 0 bridgehead atoms. The van der Waals surface area contributed by atoms with Crippen molar-refractivity contribution >= 4 is 17.5 Å². The summed E-state index contributed by atoms with van der Waals surface area (Å²) in [5, 5.41) is 15.8. The lowest BCUT2D eigenvalue weighted by molar-refractivity contribution is -0.384. The SMILES string of the molecule is CC(N)CCNC(=O)C(C)NC(=O)c1cccc([N+](=O)[O-])c1. The number of nitrogens with two attached hydrogens (primary N) is 1. The quantitative estimate of drug-likeness (QED) is 0.501. The highest BCUT2D eigenvalue weighted by Gasteiger charge is 2.17. The van der Waals surface area contributed by atoms with E-state index in [1.165, 1.54) is 25.1 Å². The van der Waals surface area contributed by atoms with Crippen LogP contribution in [0.2, 0.25) is 0 Å². The van der Waals surface area contributed by atoms with E-state index in [0.29, 0.717) is 13.0 Å². The second-order valence-corrected chi connectivity index (χ2v) is 5.06. The van der Waals surface area contributed by atoms with E-state index < -0.39 is 16.9 Å². The number of nitro benzene ring substituents is 1. The molecule has 0 saturated carbocycles. The third kappa shape index (κ3) is 5.49. The third-order valence-corrected chi connectivity index (χ3v) is 2.96. The molecular weight excluding hydrogens is 288 g/mol. The van der Waals surface area contributed by atoms with Crippen LogP contribution in [-0.4, -0.2) is 35.4 Å². The fourth-order valence-corrected chi connectivity index (χ4v) is 1.68. The Morgan fingerprint density at radius 2 is 2.05 bits per heavy atom. The summed E-state index contributed by atoms with van der Waals surface area (Å²) in [7, 11) is 0. The van der Waals surface area contributed by atoms with E-state index in [0.717, 1.165) is 6.07 Å². The molecule has 0 aliphatic carbocycles. The monoisotopic (exact) mass is 308 g/mol. The van der Waals surface area contributed by atoms with Crippen LogP contribution in [0.15, 0.2) is 24.3 Å². The molecule has 0 spiro atoms. The molecule has 0 heterocycles. The summed E-state index contributed by atoms with van der Waals surface area (Å²) < 4.78 is 0. The van der Waals surface area contributed by atoms with Crippen LogP contribution in [0.4, 0.5) is 5.69 Å². The van der Waals surface area contributed by atoms with Crippen molar-refractivity contribution in [3.05, 3.63) is 39.9 Å². The van der Waals surface area contributed by atoms with E-state index in [2.05, 4.69) is 10.6 Å². The molecule has 1 aromatic carbocycles. The molecule has 0 radical (unpaired) electrons. The molecule has 22 heavy (non-hydrogen) atoms. The summed E-state index contributed by atoms with van der Waals surface area (Å²) in [6.07, 6.45) is 0.636. The Morgan fingerprint density at radius 3 is 2.64 bits per heavy atom. The first-order valence-corrected chi connectivity index (χ1v) is 6.90. The summed E-state index contributed by atoms with van der Waals surface area (Å²) in [4.78, 5) is 33.9. The number of nitro groups is 1. The molecule has 1 aromatic rings. The van der Waals surface area contributed by atoms with Crippen molar-refractivity contribution in [1.82, 2.24) is 10.6 Å². The number of amides is 2.